The number of rotatable bonds is 6. The van der Waals surface area contributed by atoms with Gasteiger partial charge in [-0.25, -0.2) is 0 Å². The summed E-state index contributed by atoms with van der Waals surface area (Å²) in [5.74, 6) is 0.837. The first-order chi connectivity index (χ1) is 13.5. The molecule has 1 saturated carbocycles. The van der Waals surface area contributed by atoms with Crippen LogP contribution >= 0.6 is 0 Å². The minimum atomic E-state index is -0.249. The summed E-state index contributed by atoms with van der Waals surface area (Å²) in [5, 5.41) is 0. The first-order valence-corrected chi connectivity index (χ1v) is 10.2. The van der Waals surface area contributed by atoms with Gasteiger partial charge in [0.25, 0.3) is 0 Å². The molecule has 0 N–H and O–H groups in total. The molecule has 1 fully saturated rings. The fourth-order valence-corrected chi connectivity index (χ4v) is 4.23. The molecule has 4 atom stereocenters. The van der Waals surface area contributed by atoms with E-state index in [2.05, 4.69) is 18.2 Å². The van der Waals surface area contributed by atoms with E-state index in [0.29, 0.717) is 12.8 Å². The molecule has 5 heteroatoms. The molecule has 1 aromatic carbocycles. The molecule has 1 aliphatic heterocycles. The van der Waals surface area contributed by atoms with E-state index < -0.39 is 0 Å². The Hall–Kier alpha value is -2.30. The van der Waals surface area contributed by atoms with Crippen molar-refractivity contribution in [2.45, 2.75) is 71.5 Å². The van der Waals surface area contributed by atoms with Crippen molar-refractivity contribution in [2.75, 3.05) is 7.11 Å². The zero-order chi connectivity index (χ0) is 20.7. The second kappa shape index (κ2) is 10.3. The molecule has 0 saturated heterocycles. The van der Waals surface area contributed by atoms with Crippen molar-refractivity contribution in [3.8, 4) is 5.75 Å². The Labute approximate surface area is 168 Å². The molecule has 3 rings (SSSR count). The van der Waals surface area contributed by atoms with Crippen LogP contribution in [0.3, 0.4) is 0 Å². The number of hydrogen-bond donors (Lipinski definition) is 0. The van der Waals surface area contributed by atoms with Gasteiger partial charge < -0.3 is 14.2 Å². The van der Waals surface area contributed by atoms with Crippen LogP contribution in [-0.2, 0) is 25.5 Å². The fourth-order valence-electron chi connectivity index (χ4n) is 4.23. The smallest absolute Gasteiger partial charge is 0.305 e. The van der Waals surface area contributed by atoms with E-state index in [1.165, 1.54) is 19.6 Å². The molecule has 28 heavy (non-hydrogen) atoms. The summed E-state index contributed by atoms with van der Waals surface area (Å²) in [7, 11) is 1.41. The SMILES string of the molecule is C/C=C/C1C2c3cccc(CCCC(=O)OC)c3OC2C[C@H]1OC(C)=O.CC. The topological polar surface area (TPSA) is 61.8 Å². The van der Waals surface area contributed by atoms with Crippen molar-refractivity contribution < 1.29 is 23.8 Å². The zero-order valence-electron chi connectivity index (χ0n) is 17.6. The average Bonchev–Trinajstić information content (AvgIpc) is 3.20. The van der Waals surface area contributed by atoms with E-state index in [1.54, 1.807) is 0 Å². The molecular formula is C23H32O5. The third-order valence-electron chi connectivity index (χ3n) is 5.25. The molecule has 5 nitrogen and oxygen atoms in total. The van der Waals surface area contributed by atoms with Gasteiger partial charge in [0.1, 0.15) is 18.0 Å². The van der Waals surface area contributed by atoms with Crippen LogP contribution in [-0.4, -0.2) is 31.3 Å². The lowest BCUT2D eigenvalue weighted by molar-refractivity contribution is -0.147. The fraction of sp³-hybridized carbons (Fsp3) is 0.565. The van der Waals surface area contributed by atoms with Gasteiger partial charge in [0, 0.05) is 37.2 Å². The molecule has 0 amide bonds. The van der Waals surface area contributed by atoms with Crippen LogP contribution in [0.2, 0.25) is 0 Å². The van der Waals surface area contributed by atoms with E-state index in [-0.39, 0.29) is 36.0 Å². The van der Waals surface area contributed by atoms with Gasteiger partial charge in [0.15, 0.2) is 0 Å². The summed E-state index contributed by atoms with van der Waals surface area (Å²) in [4.78, 5) is 22.8. The first kappa shape index (κ1) is 22.0. The number of carbonyl (C=O) groups is 2. The predicted molar refractivity (Wildman–Crippen MR) is 108 cm³/mol. The zero-order valence-corrected chi connectivity index (χ0v) is 17.6. The molecule has 2 aliphatic rings. The minimum Gasteiger partial charge on any atom is -0.489 e. The Morgan fingerprint density at radius 1 is 1.29 bits per heavy atom. The van der Waals surface area contributed by atoms with E-state index in [4.69, 9.17) is 14.2 Å². The first-order valence-electron chi connectivity index (χ1n) is 10.2. The molecule has 0 spiro atoms. The highest BCUT2D eigenvalue weighted by atomic mass is 16.5. The number of methoxy groups -OCH3 is 1. The van der Waals surface area contributed by atoms with Gasteiger partial charge in [0.2, 0.25) is 0 Å². The number of para-hydroxylation sites is 1. The number of hydrogen-bond acceptors (Lipinski definition) is 5. The highest BCUT2D eigenvalue weighted by Crippen LogP contribution is 2.52. The molecule has 1 aliphatic carbocycles. The number of carbonyl (C=O) groups excluding carboxylic acids is 2. The van der Waals surface area contributed by atoms with Crippen molar-refractivity contribution >= 4 is 11.9 Å². The molecule has 1 heterocycles. The van der Waals surface area contributed by atoms with Crippen LogP contribution in [0.5, 0.6) is 5.75 Å². The Balaban J connectivity index is 0.00000136. The molecule has 154 valence electrons. The Bertz CT molecular complexity index is 709. The summed E-state index contributed by atoms with van der Waals surface area (Å²) < 4.78 is 16.5. The van der Waals surface area contributed by atoms with Crippen LogP contribution < -0.4 is 4.74 Å². The maximum atomic E-state index is 11.4. The maximum absolute atomic E-state index is 11.4. The van der Waals surface area contributed by atoms with Crippen LogP contribution in [0.25, 0.3) is 0 Å². The standard InChI is InChI=1S/C21H26O5.C2H6/c1-4-7-15-17(25-13(2)22)12-18-20(15)16-10-5-8-14(21(16)26-18)9-6-11-19(23)24-3;1-2/h4-5,7-8,10,15,17-18,20H,6,9,11-12H2,1-3H3;1-2H3/b7-4+;/t15?,17-,18?,20?;/m1./s1. The summed E-state index contributed by atoms with van der Waals surface area (Å²) in [6.07, 6.45) is 6.64. The lowest BCUT2D eigenvalue weighted by atomic mass is 9.86. The summed E-state index contributed by atoms with van der Waals surface area (Å²) in [5.41, 5.74) is 2.31. The number of aryl methyl sites for hydroxylation is 1. The molecule has 0 radical (unpaired) electrons. The third kappa shape index (κ3) is 4.75. The Morgan fingerprint density at radius 2 is 2.04 bits per heavy atom. The Morgan fingerprint density at radius 3 is 2.68 bits per heavy atom. The van der Waals surface area contributed by atoms with Gasteiger partial charge in [-0.2, -0.15) is 0 Å². The number of benzene rings is 1. The number of ether oxygens (including phenoxy) is 3. The van der Waals surface area contributed by atoms with Crippen molar-refractivity contribution in [3.63, 3.8) is 0 Å². The molecule has 0 bridgehead atoms. The van der Waals surface area contributed by atoms with E-state index in [9.17, 15) is 9.59 Å². The van der Waals surface area contributed by atoms with Gasteiger partial charge in [-0.15, -0.1) is 0 Å². The van der Waals surface area contributed by atoms with E-state index in [1.807, 2.05) is 32.9 Å². The second-order valence-electron chi connectivity index (χ2n) is 6.93. The van der Waals surface area contributed by atoms with Crippen molar-refractivity contribution in [3.05, 3.63) is 41.5 Å². The molecular weight excluding hydrogens is 356 g/mol. The van der Waals surface area contributed by atoms with Gasteiger partial charge >= 0.3 is 11.9 Å². The molecule has 1 aromatic rings. The Kier molecular flexibility index (Phi) is 8.09. The third-order valence-corrected chi connectivity index (χ3v) is 5.25. The van der Waals surface area contributed by atoms with Crippen LogP contribution in [0.4, 0.5) is 0 Å². The summed E-state index contributed by atoms with van der Waals surface area (Å²) in [6, 6.07) is 6.21. The summed E-state index contributed by atoms with van der Waals surface area (Å²) >= 11 is 0. The van der Waals surface area contributed by atoms with Crippen LogP contribution in [0.15, 0.2) is 30.4 Å². The minimum absolute atomic E-state index is 0.0253. The van der Waals surface area contributed by atoms with Gasteiger partial charge in [-0.1, -0.05) is 44.2 Å². The van der Waals surface area contributed by atoms with Gasteiger partial charge in [0.05, 0.1) is 7.11 Å². The number of allylic oxidation sites excluding steroid dienone is 1. The number of fused-ring (bicyclic) bond motifs is 3. The molecule has 0 aromatic heterocycles. The number of esters is 2. The monoisotopic (exact) mass is 388 g/mol. The average molecular weight is 389 g/mol. The van der Waals surface area contributed by atoms with E-state index >= 15 is 0 Å². The van der Waals surface area contributed by atoms with Crippen molar-refractivity contribution in [1.82, 2.24) is 0 Å². The quantitative estimate of drug-likeness (QED) is 0.527. The van der Waals surface area contributed by atoms with Crippen LogP contribution in [0.1, 0.15) is 64.0 Å². The van der Waals surface area contributed by atoms with Gasteiger partial charge in [-0.3, -0.25) is 9.59 Å². The lowest BCUT2D eigenvalue weighted by Crippen LogP contribution is -2.22. The van der Waals surface area contributed by atoms with Gasteiger partial charge in [-0.05, 0) is 25.3 Å². The van der Waals surface area contributed by atoms with E-state index in [0.717, 1.165) is 24.2 Å². The summed E-state index contributed by atoms with van der Waals surface area (Å²) in [6.45, 7) is 7.44. The maximum Gasteiger partial charge on any atom is 0.305 e. The predicted octanol–water partition coefficient (Wildman–Crippen LogP) is 4.58. The largest absolute Gasteiger partial charge is 0.489 e. The molecule has 3 unspecified atom stereocenters. The highest BCUT2D eigenvalue weighted by Gasteiger charge is 2.50. The lowest BCUT2D eigenvalue weighted by Gasteiger charge is -2.20. The normalized spacial score (nSPS) is 24.6. The van der Waals surface area contributed by atoms with Crippen molar-refractivity contribution in [2.24, 2.45) is 5.92 Å². The second-order valence-corrected chi connectivity index (χ2v) is 6.93. The van der Waals surface area contributed by atoms with Crippen molar-refractivity contribution in [1.29, 1.82) is 0 Å². The highest BCUT2D eigenvalue weighted by molar-refractivity contribution is 5.69. The van der Waals surface area contributed by atoms with Crippen LogP contribution in [0, 0.1) is 5.92 Å².